The molecule has 22 heavy (non-hydrogen) atoms. The van der Waals surface area contributed by atoms with Crippen LogP contribution in [0.2, 0.25) is 0 Å². The summed E-state index contributed by atoms with van der Waals surface area (Å²) in [5.74, 6) is 0. The van der Waals surface area contributed by atoms with Gasteiger partial charge < -0.3 is 14.2 Å². The summed E-state index contributed by atoms with van der Waals surface area (Å²) in [7, 11) is 0. The molecule has 0 aliphatic rings. The fraction of sp³-hybridized carbons (Fsp3) is 0.684. The Morgan fingerprint density at radius 2 is 1.36 bits per heavy atom. The molecule has 3 heteroatoms. The topological polar surface area (TPSA) is 27.7 Å². The minimum atomic E-state index is -0.0176. The second-order valence-electron chi connectivity index (χ2n) is 6.53. The number of unbranched alkanes of at least 4 members (excludes halogenated alkanes) is 2. The van der Waals surface area contributed by atoms with Crippen LogP contribution < -0.4 is 0 Å². The van der Waals surface area contributed by atoms with Crippen molar-refractivity contribution in [2.45, 2.75) is 58.7 Å². The van der Waals surface area contributed by atoms with E-state index in [-0.39, 0.29) is 5.60 Å². The zero-order chi connectivity index (χ0) is 16.1. The fourth-order valence-corrected chi connectivity index (χ4v) is 1.99. The predicted molar refractivity (Wildman–Crippen MR) is 91.1 cm³/mol. The predicted octanol–water partition coefficient (Wildman–Crippen LogP) is 4.60. The Bertz CT molecular complexity index is 357. The van der Waals surface area contributed by atoms with Crippen molar-refractivity contribution in [2.24, 2.45) is 0 Å². The van der Waals surface area contributed by atoms with E-state index in [9.17, 15) is 0 Å². The molecule has 1 aromatic carbocycles. The molecule has 1 rings (SSSR count). The average Bonchev–Trinajstić information content (AvgIpc) is 2.48. The van der Waals surface area contributed by atoms with Gasteiger partial charge in [0.2, 0.25) is 0 Å². The molecule has 0 saturated heterocycles. The molecule has 3 nitrogen and oxygen atoms in total. The quantitative estimate of drug-likeness (QED) is 0.528. The van der Waals surface area contributed by atoms with Crippen molar-refractivity contribution < 1.29 is 14.2 Å². The van der Waals surface area contributed by atoms with Crippen LogP contribution in [0, 0.1) is 0 Å². The van der Waals surface area contributed by atoms with Gasteiger partial charge in [-0.2, -0.15) is 0 Å². The summed E-state index contributed by atoms with van der Waals surface area (Å²) < 4.78 is 16.9. The molecule has 0 amide bonds. The van der Waals surface area contributed by atoms with Gasteiger partial charge in [-0.15, -0.1) is 0 Å². The highest BCUT2D eigenvalue weighted by Gasteiger charge is 2.08. The van der Waals surface area contributed by atoms with Crippen molar-refractivity contribution in [3.63, 3.8) is 0 Å². The van der Waals surface area contributed by atoms with Crippen molar-refractivity contribution in [3.8, 4) is 0 Å². The van der Waals surface area contributed by atoms with Crippen molar-refractivity contribution in [1.82, 2.24) is 0 Å². The van der Waals surface area contributed by atoms with Gasteiger partial charge in [0, 0.05) is 26.4 Å². The second-order valence-corrected chi connectivity index (χ2v) is 6.53. The molecule has 0 spiro atoms. The van der Waals surface area contributed by atoms with Crippen molar-refractivity contribution in [1.29, 1.82) is 0 Å². The zero-order valence-corrected chi connectivity index (χ0v) is 14.5. The van der Waals surface area contributed by atoms with E-state index >= 15 is 0 Å². The summed E-state index contributed by atoms with van der Waals surface area (Å²) in [4.78, 5) is 0. The lowest BCUT2D eigenvalue weighted by Gasteiger charge is -2.19. The second kappa shape index (κ2) is 11.6. The van der Waals surface area contributed by atoms with Crippen molar-refractivity contribution >= 4 is 0 Å². The van der Waals surface area contributed by atoms with Gasteiger partial charge in [0.1, 0.15) is 0 Å². The van der Waals surface area contributed by atoms with Gasteiger partial charge in [0.05, 0.1) is 12.2 Å². The molecule has 0 radical (unpaired) electrons. The van der Waals surface area contributed by atoms with Gasteiger partial charge in [-0.3, -0.25) is 0 Å². The Balaban J connectivity index is 1.78. The number of benzene rings is 1. The Kier molecular flexibility index (Phi) is 10.1. The van der Waals surface area contributed by atoms with E-state index in [4.69, 9.17) is 14.2 Å². The van der Waals surface area contributed by atoms with Crippen LogP contribution in [0.3, 0.4) is 0 Å². The third-order valence-corrected chi connectivity index (χ3v) is 3.16. The van der Waals surface area contributed by atoms with E-state index in [0.717, 1.165) is 45.7 Å². The van der Waals surface area contributed by atoms with Gasteiger partial charge in [-0.05, 0) is 52.0 Å². The van der Waals surface area contributed by atoms with E-state index in [1.165, 1.54) is 12.0 Å². The molecule has 0 heterocycles. The third kappa shape index (κ3) is 11.7. The van der Waals surface area contributed by atoms with Crippen LogP contribution in [0.15, 0.2) is 30.3 Å². The standard InChI is InChI=1S/C19H32O3/c1-19(2,3)22-16-9-5-8-13-20-14-10-15-21-17-18-11-6-4-7-12-18/h4,6-7,11-12H,5,8-10,13-17H2,1-3H3. The molecule has 0 N–H and O–H groups in total. The first-order chi connectivity index (χ1) is 10.6. The average molecular weight is 308 g/mol. The molecule has 0 aliphatic carbocycles. The molecular weight excluding hydrogens is 276 g/mol. The first kappa shape index (κ1) is 19.1. The number of hydrogen-bond donors (Lipinski definition) is 0. The molecule has 0 atom stereocenters. The number of ether oxygens (including phenoxy) is 3. The van der Waals surface area contributed by atoms with Crippen molar-refractivity contribution in [3.05, 3.63) is 35.9 Å². The summed E-state index contributed by atoms with van der Waals surface area (Å²) in [6.07, 6.45) is 4.35. The van der Waals surface area contributed by atoms with Crippen molar-refractivity contribution in [2.75, 3.05) is 26.4 Å². The summed E-state index contributed by atoms with van der Waals surface area (Å²) in [6, 6.07) is 10.3. The SMILES string of the molecule is CC(C)(C)OCCCCCOCCCOCc1ccccc1. The maximum Gasteiger partial charge on any atom is 0.0716 e. The Hall–Kier alpha value is -0.900. The smallest absolute Gasteiger partial charge is 0.0716 e. The molecule has 1 aromatic rings. The lowest BCUT2D eigenvalue weighted by molar-refractivity contribution is -0.00544. The van der Waals surface area contributed by atoms with Gasteiger partial charge in [-0.1, -0.05) is 30.3 Å². The molecule has 0 bridgehead atoms. The molecular formula is C19H32O3. The van der Waals surface area contributed by atoms with E-state index in [0.29, 0.717) is 6.61 Å². The summed E-state index contributed by atoms with van der Waals surface area (Å²) >= 11 is 0. The van der Waals surface area contributed by atoms with Crippen LogP contribution in [-0.2, 0) is 20.8 Å². The lowest BCUT2D eigenvalue weighted by atomic mass is 10.2. The van der Waals surface area contributed by atoms with Gasteiger partial charge in [0.15, 0.2) is 0 Å². The monoisotopic (exact) mass is 308 g/mol. The summed E-state index contributed by atoms with van der Waals surface area (Å²) in [5, 5.41) is 0. The Morgan fingerprint density at radius 3 is 2.09 bits per heavy atom. The van der Waals surface area contributed by atoms with Gasteiger partial charge >= 0.3 is 0 Å². The largest absolute Gasteiger partial charge is 0.381 e. The Labute approximate surface area is 136 Å². The molecule has 0 fully saturated rings. The number of rotatable bonds is 12. The Morgan fingerprint density at radius 1 is 0.727 bits per heavy atom. The zero-order valence-electron chi connectivity index (χ0n) is 14.5. The van der Waals surface area contributed by atoms with E-state index in [1.54, 1.807) is 0 Å². The lowest BCUT2D eigenvalue weighted by Crippen LogP contribution is -2.19. The molecule has 0 aromatic heterocycles. The summed E-state index contributed by atoms with van der Waals surface area (Å²) in [5.41, 5.74) is 1.21. The molecule has 0 unspecified atom stereocenters. The fourth-order valence-electron chi connectivity index (χ4n) is 1.99. The van der Waals surface area contributed by atoms with Crippen LogP contribution in [-0.4, -0.2) is 32.0 Å². The van der Waals surface area contributed by atoms with Crippen LogP contribution in [0.5, 0.6) is 0 Å². The van der Waals surface area contributed by atoms with Crippen LogP contribution >= 0.6 is 0 Å². The number of hydrogen-bond acceptors (Lipinski definition) is 3. The highest BCUT2D eigenvalue weighted by Crippen LogP contribution is 2.08. The van der Waals surface area contributed by atoms with Crippen LogP contribution in [0.25, 0.3) is 0 Å². The maximum atomic E-state index is 5.68. The normalized spacial score (nSPS) is 11.8. The minimum absolute atomic E-state index is 0.0176. The van der Waals surface area contributed by atoms with E-state index < -0.39 is 0 Å². The maximum absolute atomic E-state index is 5.68. The molecule has 0 saturated carbocycles. The summed E-state index contributed by atoms with van der Waals surface area (Å²) in [6.45, 7) is 10.2. The van der Waals surface area contributed by atoms with E-state index in [2.05, 4.69) is 32.9 Å². The van der Waals surface area contributed by atoms with Gasteiger partial charge in [0.25, 0.3) is 0 Å². The van der Waals surface area contributed by atoms with Crippen LogP contribution in [0.4, 0.5) is 0 Å². The first-order valence-corrected chi connectivity index (χ1v) is 8.41. The van der Waals surface area contributed by atoms with Gasteiger partial charge in [-0.25, -0.2) is 0 Å². The highest BCUT2D eigenvalue weighted by atomic mass is 16.5. The molecule has 0 aliphatic heterocycles. The first-order valence-electron chi connectivity index (χ1n) is 8.41. The molecule has 126 valence electrons. The van der Waals surface area contributed by atoms with E-state index in [1.807, 2.05) is 18.2 Å². The third-order valence-electron chi connectivity index (χ3n) is 3.16. The minimum Gasteiger partial charge on any atom is -0.381 e. The van der Waals surface area contributed by atoms with Crippen LogP contribution in [0.1, 0.15) is 52.0 Å². The highest BCUT2D eigenvalue weighted by molar-refractivity contribution is 5.13.